The van der Waals surface area contributed by atoms with Crippen LogP contribution in [0.4, 0.5) is 24.8 Å². The third kappa shape index (κ3) is 5.10. The fourth-order valence-corrected chi connectivity index (χ4v) is 3.85. The minimum Gasteiger partial charge on any atom is -0.344 e. The summed E-state index contributed by atoms with van der Waals surface area (Å²) >= 11 is 0. The summed E-state index contributed by atoms with van der Waals surface area (Å²) in [4.78, 5) is 35.6. The van der Waals surface area contributed by atoms with Gasteiger partial charge in [0.2, 0.25) is 17.8 Å². The molecule has 7 nitrogen and oxygen atoms in total. The maximum Gasteiger partial charge on any atom is 0.416 e. The van der Waals surface area contributed by atoms with Crippen LogP contribution in [0, 0.1) is 0 Å². The lowest BCUT2D eigenvalue weighted by atomic mass is 10.1. The third-order valence-corrected chi connectivity index (χ3v) is 5.88. The predicted octanol–water partition coefficient (Wildman–Crippen LogP) is 3.82. The molecule has 4 rings (SSSR count). The van der Waals surface area contributed by atoms with E-state index in [1.54, 1.807) is 30.1 Å². The Hall–Kier alpha value is -3.56. The van der Waals surface area contributed by atoms with E-state index in [2.05, 4.69) is 15.3 Å². The van der Waals surface area contributed by atoms with Crippen molar-refractivity contribution in [3.05, 3.63) is 53.6 Å². The summed E-state index contributed by atoms with van der Waals surface area (Å²) in [5, 5.41) is 2.81. The van der Waals surface area contributed by atoms with Gasteiger partial charge in [-0.2, -0.15) is 13.2 Å². The fraction of sp³-hybridized carbons (Fsp3) is 0.348. The smallest absolute Gasteiger partial charge is 0.344 e. The Morgan fingerprint density at radius 2 is 1.97 bits per heavy atom. The molecule has 3 aromatic rings. The summed E-state index contributed by atoms with van der Waals surface area (Å²) in [6.45, 7) is 0.632. The first kappa shape index (κ1) is 22.6. The normalized spacial score (nSPS) is 16.5. The number of H-pyrrole nitrogens is 1. The number of likely N-dealkylation sites (N-methyl/N-ethyl adjacent to an activating group) is 2. The Kier molecular flexibility index (Phi) is 6.01. The summed E-state index contributed by atoms with van der Waals surface area (Å²) in [6.07, 6.45) is -3.46. The molecule has 0 spiro atoms. The molecule has 2 amide bonds. The second kappa shape index (κ2) is 8.76. The number of aryl methyl sites for hydroxylation is 1. The number of hydrogen-bond donors (Lipinski definition) is 2. The van der Waals surface area contributed by atoms with Gasteiger partial charge in [0.15, 0.2) is 0 Å². The van der Waals surface area contributed by atoms with Crippen LogP contribution in [0.15, 0.2) is 42.5 Å². The van der Waals surface area contributed by atoms with Crippen LogP contribution in [0.2, 0.25) is 0 Å². The van der Waals surface area contributed by atoms with Gasteiger partial charge in [-0.3, -0.25) is 9.59 Å². The standard InChI is InChI=1S/C23H24F3N5O2/c1-30-13-17(12-21(30)33)31(2)22-28-18-9-8-16(11-19(18)29-22)27-20(32)10-5-14-3-6-15(7-4-14)23(24,25)26/h3-4,6-9,11,17H,5,10,12-13H2,1-2H3,(H,27,32)(H,28,29). The first-order valence-electron chi connectivity index (χ1n) is 10.5. The van der Waals surface area contributed by atoms with Gasteiger partial charge in [-0.15, -0.1) is 0 Å². The first-order valence-corrected chi connectivity index (χ1v) is 10.5. The lowest BCUT2D eigenvalue weighted by Gasteiger charge is -2.22. The second-order valence-electron chi connectivity index (χ2n) is 8.28. The van der Waals surface area contributed by atoms with Crippen LogP contribution in [0.5, 0.6) is 0 Å². The van der Waals surface area contributed by atoms with E-state index in [0.29, 0.717) is 36.6 Å². The van der Waals surface area contributed by atoms with E-state index in [1.807, 2.05) is 11.9 Å². The molecule has 1 aliphatic rings. The lowest BCUT2D eigenvalue weighted by Crippen LogP contribution is -2.34. The summed E-state index contributed by atoms with van der Waals surface area (Å²) < 4.78 is 38.0. The number of nitrogens with zero attached hydrogens (tertiary/aromatic N) is 3. The second-order valence-corrected chi connectivity index (χ2v) is 8.28. The zero-order valence-corrected chi connectivity index (χ0v) is 18.2. The molecule has 0 radical (unpaired) electrons. The fourth-order valence-electron chi connectivity index (χ4n) is 3.85. The van der Waals surface area contributed by atoms with Gasteiger partial charge in [0.1, 0.15) is 0 Å². The molecule has 0 bridgehead atoms. The van der Waals surface area contributed by atoms with E-state index in [1.165, 1.54) is 12.1 Å². The van der Waals surface area contributed by atoms with E-state index < -0.39 is 11.7 Å². The maximum atomic E-state index is 12.7. The van der Waals surface area contributed by atoms with E-state index in [-0.39, 0.29) is 24.3 Å². The van der Waals surface area contributed by atoms with Crippen LogP contribution in [0.1, 0.15) is 24.0 Å². The highest BCUT2D eigenvalue weighted by Gasteiger charge is 2.31. The van der Waals surface area contributed by atoms with Crippen molar-refractivity contribution in [2.45, 2.75) is 31.5 Å². The number of amides is 2. The Labute approximate surface area is 188 Å². The first-order chi connectivity index (χ1) is 15.6. The lowest BCUT2D eigenvalue weighted by molar-refractivity contribution is -0.137. The van der Waals surface area contributed by atoms with Gasteiger partial charge < -0.3 is 20.1 Å². The summed E-state index contributed by atoms with van der Waals surface area (Å²) in [6, 6.07) is 10.2. The van der Waals surface area contributed by atoms with E-state index >= 15 is 0 Å². The molecule has 2 aromatic carbocycles. The molecule has 0 saturated carbocycles. The molecule has 2 N–H and O–H groups in total. The summed E-state index contributed by atoms with van der Waals surface area (Å²) in [7, 11) is 3.67. The minimum absolute atomic E-state index is 0.0347. The SMILES string of the molecule is CN1CC(N(C)c2nc3ccc(NC(=O)CCc4ccc(C(F)(F)F)cc4)cc3[nH]2)CC1=O. The highest BCUT2D eigenvalue weighted by molar-refractivity contribution is 5.93. The van der Waals surface area contributed by atoms with Crippen LogP contribution < -0.4 is 10.2 Å². The number of nitrogens with one attached hydrogen (secondary N) is 2. The molecule has 1 fully saturated rings. The molecule has 1 atom stereocenters. The van der Waals surface area contributed by atoms with Crippen molar-refractivity contribution in [3.8, 4) is 0 Å². The average molecular weight is 459 g/mol. The highest BCUT2D eigenvalue weighted by atomic mass is 19.4. The monoisotopic (exact) mass is 459 g/mol. The van der Waals surface area contributed by atoms with Crippen molar-refractivity contribution in [3.63, 3.8) is 0 Å². The van der Waals surface area contributed by atoms with E-state index in [9.17, 15) is 22.8 Å². The summed E-state index contributed by atoms with van der Waals surface area (Å²) in [5.41, 5.74) is 2.02. The molecular formula is C23H24F3N5O2. The molecule has 33 heavy (non-hydrogen) atoms. The van der Waals surface area contributed by atoms with Crippen molar-refractivity contribution in [1.29, 1.82) is 0 Å². The minimum atomic E-state index is -4.37. The summed E-state index contributed by atoms with van der Waals surface area (Å²) in [5.74, 6) is 0.506. The van der Waals surface area contributed by atoms with Crippen LogP contribution >= 0.6 is 0 Å². The van der Waals surface area contributed by atoms with Gasteiger partial charge in [-0.1, -0.05) is 12.1 Å². The number of rotatable bonds is 6. The zero-order valence-electron chi connectivity index (χ0n) is 18.2. The number of hydrogen-bond acceptors (Lipinski definition) is 4. The van der Waals surface area contributed by atoms with Gasteiger partial charge in [0, 0.05) is 39.2 Å². The van der Waals surface area contributed by atoms with Crippen molar-refractivity contribution >= 4 is 34.5 Å². The molecule has 1 aromatic heterocycles. The molecule has 1 unspecified atom stereocenters. The van der Waals surface area contributed by atoms with Crippen LogP contribution in [-0.2, 0) is 22.2 Å². The maximum absolute atomic E-state index is 12.7. The number of imidazole rings is 1. The van der Waals surface area contributed by atoms with E-state index in [0.717, 1.165) is 23.2 Å². The molecular weight excluding hydrogens is 435 g/mol. The number of anilines is 2. The van der Waals surface area contributed by atoms with Crippen molar-refractivity contribution in [2.24, 2.45) is 0 Å². The molecule has 1 saturated heterocycles. The van der Waals surface area contributed by atoms with Crippen molar-refractivity contribution in [1.82, 2.24) is 14.9 Å². The van der Waals surface area contributed by atoms with Gasteiger partial charge in [-0.05, 0) is 42.3 Å². The molecule has 2 heterocycles. The van der Waals surface area contributed by atoms with E-state index in [4.69, 9.17) is 0 Å². The molecule has 174 valence electrons. The number of likely N-dealkylation sites (tertiary alicyclic amines) is 1. The molecule has 1 aliphatic heterocycles. The zero-order chi connectivity index (χ0) is 23.8. The number of aromatic amines is 1. The molecule has 10 heteroatoms. The third-order valence-electron chi connectivity index (χ3n) is 5.88. The predicted molar refractivity (Wildman–Crippen MR) is 119 cm³/mol. The van der Waals surface area contributed by atoms with Gasteiger partial charge in [0.25, 0.3) is 0 Å². The largest absolute Gasteiger partial charge is 0.416 e. The Bertz CT molecular complexity index is 1170. The van der Waals surface area contributed by atoms with Crippen molar-refractivity contribution in [2.75, 3.05) is 30.9 Å². The Morgan fingerprint density at radius 1 is 1.24 bits per heavy atom. The Balaban J connectivity index is 1.36. The number of benzene rings is 2. The van der Waals surface area contributed by atoms with Crippen LogP contribution in [-0.4, -0.2) is 53.4 Å². The van der Waals surface area contributed by atoms with Crippen molar-refractivity contribution < 1.29 is 22.8 Å². The number of carbonyl (C=O) groups is 2. The number of carbonyl (C=O) groups excluding carboxylic acids is 2. The number of aromatic nitrogens is 2. The van der Waals surface area contributed by atoms with Gasteiger partial charge in [0.05, 0.1) is 22.6 Å². The van der Waals surface area contributed by atoms with Crippen LogP contribution in [0.3, 0.4) is 0 Å². The highest BCUT2D eigenvalue weighted by Crippen LogP contribution is 2.29. The quantitative estimate of drug-likeness (QED) is 0.587. The van der Waals surface area contributed by atoms with Crippen LogP contribution in [0.25, 0.3) is 11.0 Å². The van der Waals surface area contributed by atoms with Gasteiger partial charge >= 0.3 is 6.18 Å². The topological polar surface area (TPSA) is 81.3 Å². The van der Waals surface area contributed by atoms with Gasteiger partial charge in [-0.25, -0.2) is 4.98 Å². The average Bonchev–Trinajstić information content (AvgIpc) is 3.34. The Morgan fingerprint density at radius 3 is 2.61 bits per heavy atom. The molecule has 0 aliphatic carbocycles. The number of alkyl halides is 3. The number of fused-ring (bicyclic) bond motifs is 1. The number of halogens is 3.